The monoisotopic (exact) mass is 281 g/mol. The Bertz CT molecular complexity index is 401. The summed E-state index contributed by atoms with van der Waals surface area (Å²) in [6.07, 6.45) is 2.90. The molecule has 0 aromatic carbocycles. The lowest BCUT2D eigenvalue weighted by atomic mass is 9.65. The molecule has 1 aliphatic carbocycles. The molecular formula is C16H27NO3. The molecule has 3 atom stereocenters. The Kier molecular flexibility index (Phi) is 5.37. The normalized spacial score (nSPS) is 26.4. The SMILES string of the molecule is C=C(C)C1CCC(C)(C)CC1C(=O)NC(C)C(=O)OC. The average Bonchev–Trinajstić information content (AvgIpc) is 2.35. The number of amides is 1. The van der Waals surface area contributed by atoms with Crippen LogP contribution >= 0.6 is 0 Å². The number of rotatable bonds is 4. The Balaban J connectivity index is 2.80. The predicted molar refractivity (Wildman–Crippen MR) is 79.0 cm³/mol. The minimum Gasteiger partial charge on any atom is -0.467 e. The Hall–Kier alpha value is -1.32. The zero-order valence-corrected chi connectivity index (χ0v) is 13.3. The molecule has 1 fully saturated rings. The van der Waals surface area contributed by atoms with E-state index in [0.717, 1.165) is 24.8 Å². The van der Waals surface area contributed by atoms with Gasteiger partial charge in [-0.25, -0.2) is 4.79 Å². The van der Waals surface area contributed by atoms with Gasteiger partial charge in [-0.3, -0.25) is 4.79 Å². The fourth-order valence-electron chi connectivity index (χ4n) is 3.01. The molecule has 3 unspecified atom stereocenters. The maximum atomic E-state index is 12.5. The molecule has 0 heterocycles. The molecule has 20 heavy (non-hydrogen) atoms. The van der Waals surface area contributed by atoms with Gasteiger partial charge in [0.2, 0.25) is 5.91 Å². The molecule has 1 saturated carbocycles. The van der Waals surface area contributed by atoms with Gasteiger partial charge in [0, 0.05) is 5.92 Å². The number of hydrogen-bond acceptors (Lipinski definition) is 3. The van der Waals surface area contributed by atoms with Crippen LogP contribution in [-0.2, 0) is 14.3 Å². The third-order valence-corrected chi connectivity index (χ3v) is 4.27. The van der Waals surface area contributed by atoms with Crippen molar-refractivity contribution in [1.82, 2.24) is 5.32 Å². The lowest BCUT2D eigenvalue weighted by molar-refractivity contribution is -0.145. The molecule has 1 rings (SSSR count). The van der Waals surface area contributed by atoms with Crippen LogP contribution in [0.3, 0.4) is 0 Å². The van der Waals surface area contributed by atoms with Gasteiger partial charge in [-0.15, -0.1) is 0 Å². The first-order valence-corrected chi connectivity index (χ1v) is 7.21. The number of carbonyl (C=O) groups is 2. The summed E-state index contributed by atoms with van der Waals surface area (Å²) in [4.78, 5) is 23.9. The van der Waals surface area contributed by atoms with Crippen molar-refractivity contribution in [2.24, 2.45) is 17.3 Å². The molecule has 0 radical (unpaired) electrons. The third-order valence-electron chi connectivity index (χ3n) is 4.27. The van der Waals surface area contributed by atoms with E-state index in [2.05, 4.69) is 30.5 Å². The number of allylic oxidation sites excluding steroid dienone is 1. The minimum atomic E-state index is -0.608. The molecule has 0 aromatic heterocycles. The summed E-state index contributed by atoms with van der Waals surface area (Å²) in [7, 11) is 1.32. The number of methoxy groups -OCH3 is 1. The minimum absolute atomic E-state index is 0.0660. The van der Waals surface area contributed by atoms with Crippen LogP contribution in [0.2, 0.25) is 0 Å². The van der Waals surface area contributed by atoms with Crippen molar-refractivity contribution in [2.45, 2.75) is 53.0 Å². The van der Waals surface area contributed by atoms with Crippen LogP contribution in [0, 0.1) is 17.3 Å². The van der Waals surface area contributed by atoms with E-state index >= 15 is 0 Å². The molecule has 0 saturated heterocycles. The second kappa shape index (κ2) is 6.42. The molecule has 1 N–H and O–H groups in total. The highest BCUT2D eigenvalue weighted by atomic mass is 16.5. The lowest BCUT2D eigenvalue weighted by Gasteiger charge is -2.40. The number of nitrogens with one attached hydrogen (secondary N) is 1. The highest BCUT2D eigenvalue weighted by molar-refractivity contribution is 5.85. The lowest BCUT2D eigenvalue weighted by Crippen LogP contribution is -2.46. The van der Waals surface area contributed by atoms with Crippen molar-refractivity contribution in [3.05, 3.63) is 12.2 Å². The third kappa shape index (κ3) is 4.09. The summed E-state index contributed by atoms with van der Waals surface area (Å²) in [5.41, 5.74) is 1.20. The second-order valence-electron chi connectivity index (χ2n) is 6.72. The highest BCUT2D eigenvalue weighted by Crippen LogP contribution is 2.44. The standard InChI is InChI=1S/C16H27NO3/c1-10(2)12-7-8-16(4,5)9-13(12)14(18)17-11(3)15(19)20-6/h11-13H,1,7-9H2,2-6H3,(H,17,18). The van der Waals surface area contributed by atoms with Crippen LogP contribution in [0.15, 0.2) is 12.2 Å². The van der Waals surface area contributed by atoms with Crippen LogP contribution < -0.4 is 5.32 Å². The Labute approximate surface area is 122 Å². The maximum absolute atomic E-state index is 12.5. The largest absolute Gasteiger partial charge is 0.467 e. The van der Waals surface area contributed by atoms with Gasteiger partial charge in [0.1, 0.15) is 6.04 Å². The molecule has 4 heteroatoms. The first kappa shape index (κ1) is 16.7. The van der Waals surface area contributed by atoms with Gasteiger partial charge < -0.3 is 10.1 Å². The number of ether oxygens (including phenoxy) is 1. The smallest absolute Gasteiger partial charge is 0.328 e. The number of esters is 1. The first-order valence-electron chi connectivity index (χ1n) is 7.21. The fraction of sp³-hybridized carbons (Fsp3) is 0.750. The van der Waals surface area contributed by atoms with Gasteiger partial charge >= 0.3 is 5.97 Å². The summed E-state index contributed by atoms with van der Waals surface area (Å²) in [6.45, 7) is 12.0. The van der Waals surface area contributed by atoms with Crippen molar-refractivity contribution in [3.63, 3.8) is 0 Å². The van der Waals surface area contributed by atoms with E-state index in [4.69, 9.17) is 0 Å². The van der Waals surface area contributed by atoms with Crippen LogP contribution in [0.1, 0.15) is 47.0 Å². The molecule has 1 amide bonds. The van der Waals surface area contributed by atoms with E-state index in [1.54, 1.807) is 6.92 Å². The van der Waals surface area contributed by atoms with E-state index in [-0.39, 0.29) is 23.2 Å². The Morgan fingerprint density at radius 2 is 1.95 bits per heavy atom. The number of carbonyl (C=O) groups excluding carboxylic acids is 2. The average molecular weight is 281 g/mol. The van der Waals surface area contributed by atoms with E-state index in [1.165, 1.54) is 7.11 Å². The summed E-state index contributed by atoms with van der Waals surface area (Å²) < 4.78 is 4.64. The van der Waals surface area contributed by atoms with Crippen molar-refractivity contribution < 1.29 is 14.3 Å². The van der Waals surface area contributed by atoms with Crippen LogP contribution in [0.25, 0.3) is 0 Å². The molecule has 0 spiro atoms. The van der Waals surface area contributed by atoms with E-state index < -0.39 is 12.0 Å². The van der Waals surface area contributed by atoms with Gasteiger partial charge in [-0.2, -0.15) is 0 Å². The molecule has 4 nitrogen and oxygen atoms in total. The quantitative estimate of drug-likeness (QED) is 0.636. The van der Waals surface area contributed by atoms with Crippen molar-refractivity contribution in [1.29, 1.82) is 0 Å². The maximum Gasteiger partial charge on any atom is 0.328 e. The van der Waals surface area contributed by atoms with Crippen LogP contribution in [-0.4, -0.2) is 25.0 Å². The number of hydrogen-bond donors (Lipinski definition) is 1. The van der Waals surface area contributed by atoms with Gasteiger partial charge in [-0.1, -0.05) is 26.0 Å². The van der Waals surface area contributed by atoms with Crippen molar-refractivity contribution in [3.8, 4) is 0 Å². The Morgan fingerprint density at radius 1 is 1.35 bits per heavy atom. The molecule has 0 aromatic rings. The summed E-state index contributed by atoms with van der Waals surface area (Å²) in [5, 5.41) is 2.77. The first-order chi connectivity index (χ1) is 9.18. The summed E-state index contributed by atoms with van der Waals surface area (Å²) in [5.74, 6) is -0.389. The summed E-state index contributed by atoms with van der Waals surface area (Å²) in [6, 6.07) is -0.608. The molecule has 0 bridgehead atoms. The van der Waals surface area contributed by atoms with Gasteiger partial charge in [-0.05, 0) is 44.4 Å². The van der Waals surface area contributed by atoms with Crippen molar-refractivity contribution >= 4 is 11.9 Å². The fourth-order valence-corrected chi connectivity index (χ4v) is 3.01. The molecular weight excluding hydrogens is 254 g/mol. The molecule has 0 aliphatic heterocycles. The van der Waals surface area contributed by atoms with Gasteiger partial charge in [0.05, 0.1) is 7.11 Å². The Morgan fingerprint density at radius 3 is 2.45 bits per heavy atom. The zero-order valence-electron chi connectivity index (χ0n) is 13.3. The van der Waals surface area contributed by atoms with Gasteiger partial charge in [0.25, 0.3) is 0 Å². The van der Waals surface area contributed by atoms with Crippen LogP contribution in [0.4, 0.5) is 0 Å². The van der Waals surface area contributed by atoms with Gasteiger partial charge in [0.15, 0.2) is 0 Å². The molecule has 1 aliphatic rings. The van der Waals surface area contributed by atoms with E-state index in [1.807, 2.05) is 6.92 Å². The summed E-state index contributed by atoms with van der Waals surface area (Å²) >= 11 is 0. The highest BCUT2D eigenvalue weighted by Gasteiger charge is 2.39. The van der Waals surface area contributed by atoms with E-state index in [0.29, 0.717) is 0 Å². The zero-order chi connectivity index (χ0) is 15.5. The topological polar surface area (TPSA) is 55.4 Å². The van der Waals surface area contributed by atoms with Crippen LogP contribution in [0.5, 0.6) is 0 Å². The van der Waals surface area contributed by atoms with Crippen molar-refractivity contribution in [2.75, 3.05) is 7.11 Å². The second-order valence-corrected chi connectivity index (χ2v) is 6.72. The molecule has 114 valence electrons. The van der Waals surface area contributed by atoms with E-state index in [9.17, 15) is 9.59 Å². The predicted octanol–water partition coefficient (Wildman–Crippen LogP) is 2.68.